The summed E-state index contributed by atoms with van der Waals surface area (Å²) in [5.74, 6) is -0.699. The Morgan fingerprint density at radius 1 is 0.936 bits per heavy atom. The highest BCUT2D eigenvalue weighted by Gasteiger charge is 2.48. The quantitative estimate of drug-likeness (QED) is 0.0520. The number of amides is 1. The van der Waals surface area contributed by atoms with Crippen LogP contribution in [0.15, 0.2) is 107 Å². The molecule has 1 aromatic heterocycles. The number of hydrogen-bond acceptors (Lipinski definition) is 9. The molecule has 1 saturated heterocycles. The van der Waals surface area contributed by atoms with Gasteiger partial charge in [0.05, 0.1) is 11.6 Å². The van der Waals surface area contributed by atoms with E-state index in [4.69, 9.17) is 16.3 Å². The second kappa shape index (κ2) is 14.0. The number of anilines is 2. The molecular formula is C36H31ClN4O4S2. The lowest BCUT2D eigenvalue weighted by molar-refractivity contribution is -0.132. The van der Waals surface area contributed by atoms with Gasteiger partial charge in [-0.25, -0.2) is 0 Å². The fourth-order valence-corrected chi connectivity index (χ4v) is 7.36. The second-order valence-electron chi connectivity index (χ2n) is 11.1. The predicted molar refractivity (Wildman–Crippen MR) is 188 cm³/mol. The van der Waals surface area contributed by atoms with Crippen LogP contribution in [0, 0.1) is 6.92 Å². The largest absolute Gasteiger partial charge is 0.507 e. The van der Waals surface area contributed by atoms with Crippen LogP contribution >= 0.6 is 34.7 Å². The van der Waals surface area contributed by atoms with Gasteiger partial charge in [-0.3, -0.25) is 14.5 Å². The van der Waals surface area contributed by atoms with Crippen LogP contribution in [0.1, 0.15) is 33.9 Å². The molecule has 0 radical (unpaired) electrons. The van der Waals surface area contributed by atoms with Gasteiger partial charge in [0.1, 0.15) is 18.1 Å². The zero-order chi connectivity index (χ0) is 33.1. The minimum absolute atomic E-state index is 0.0262. The number of aromatic nitrogens is 2. The Hall–Kier alpha value is -4.64. The maximum atomic E-state index is 13.7. The molecule has 47 heavy (non-hydrogen) atoms. The Kier molecular flexibility index (Phi) is 9.63. The maximum absolute atomic E-state index is 13.7. The van der Waals surface area contributed by atoms with Gasteiger partial charge in [-0.2, -0.15) is 0 Å². The third-order valence-electron chi connectivity index (χ3n) is 7.86. The van der Waals surface area contributed by atoms with E-state index in [9.17, 15) is 14.7 Å². The van der Waals surface area contributed by atoms with Crippen LogP contribution in [-0.4, -0.2) is 41.1 Å². The topological polar surface area (TPSA) is 95.9 Å². The van der Waals surface area contributed by atoms with E-state index in [1.165, 1.54) is 28.0 Å². The highest BCUT2D eigenvalue weighted by atomic mass is 35.5. The van der Waals surface area contributed by atoms with Crippen LogP contribution in [0.2, 0.25) is 5.02 Å². The zero-order valence-electron chi connectivity index (χ0n) is 25.9. The predicted octanol–water partition coefficient (Wildman–Crippen LogP) is 8.06. The summed E-state index contributed by atoms with van der Waals surface area (Å²) in [6.07, 6.45) is 0. The number of ether oxygens (including phenoxy) is 1. The van der Waals surface area contributed by atoms with Gasteiger partial charge < -0.3 is 14.7 Å². The lowest BCUT2D eigenvalue weighted by Crippen LogP contribution is -2.29. The lowest BCUT2D eigenvalue weighted by Gasteiger charge is -2.23. The molecule has 0 saturated carbocycles. The Bertz CT molecular complexity index is 1960. The minimum atomic E-state index is -0.919. The summed E-state index contributed by atoms with van der Waals surface area (Å²) in [4.78, 5) is 30.6. The van der Waals surface area contributed by atoms with Gasteiger partial charge in [0.25, 0.3) is 5.78 Å². The highest BCUT2D eigenvalue weighted by molar-refractivity contribution is 8.00. The smallest absolute Gasteiger partial charge is 0.301 e. The molecule has 238 valence electrons. The first-order valence-electron chi connectivity index (χ1n) is 14.8. The summed E-state index contributed by atoms with van der Waals surface area (Å²) in [7, 11) is 3.86. The molecule has 1 unspecified atom stereocenters. The molecule has 1 aliphatic rings. The van der Waals surface area contributed by atoms with Gasteiger partial charge in [0, 0.05) is 36.1 Å². The standard InChI is InChI=1S/C36H31ClN4O4S2/c1-22-8-4-5-9-25(22)20-45-28-18-14-24(15-19-28)32(42)30-31(23-12-16-27(17-13-23)40(2)3)41(34(44)33(30)43)35-38-39-36(47-35)46-21-26-10-6-7-11-29(26)37/h4-19,31,42H,20-21H2,1-3H3. The Morgan fingerprint density at radius 3 is 2.30 bits per heavy atom. The first kappa shape index (κ1) is 32.3. The normalized spacial score (nSPS) is 15.7. The van der Waals surface area contributed by atoms with Crippen molar-refractivity contribution in [3.8, 4) is 5.75 Å². The SMILES string of the molecule is Cc1ccccc1COc1ccc(C(O)=C2C(=O)C(=O)N(c3nnc(SCc4ccccc4Cl)s3)C2c2ccc(N(C)C)cc2)cc1. The fraction of sp³-hybridized carbons (Fsp3) is 0.167. The number of rotatable bonds is 10. The molecule has 6 rings (SSSR count). The van der Waals surface area contributed by atoms with Crippen molar-refractivity contribution in [2.24, 2.45) is 0 Å². The maximum Gasteiger partial charge on any atom is 0.301 e. The molecule has 1 N–H and O–H groups in total. The first-order chi connectivity index (χ1) is 22.7. The number of aliphatic hydroxyl groups excluding tert-OH is 1. The van der Waals surface area contributed by atoms with Crippen molar-refractivity contribution in [1.82, 2.24) is 10.2 Å². The number of halogens is 1. The van der Waals surface area contributed by atoms with E-state index in [2.05, 4.69) is 10.2 Å². The summed E-state index contributed by atoms with van der Waals surface area (Å²) in [5.41, 5.74) is 5.10. The van der Waals surface area contributed by atoms with Gasteiger partial charge in [-0.15, -0.1) is 10.2 Å². The van der Waals surface area contributed by atoms with E-state index in [1.54, 1.807) is 24.3 Å². The number of aryl methyl sites for hydroxylation is 1. The number of hydrogen-bond donors (Lipinski definition) is 1. The summed E-state index contributed by atoms with van der Waals surface area (Å²) < 4.78 is 6.59. The van der Waals surface area contributed by atoms with Crippen LogP contribution < -0.4 is 14.5 Å². The number of carbonyl (C=O) groups is 2. The molecule has 5 aromatic rings. The second-order valence-corrected chi connectivity index (χ2v) is 13.7. The Labute approximate surface area is 286 Å². The average molecular weight is 683 g/mol. The van der Waals surface area contributed by atoms with Gasteiger partial charge in [-0.1, -0.05) is 89.3 Å². The van der Waals surface area contributed by atoms with Crippen molar-refractivity contribution in [3.05, 3.63) is 135 Å². The van der Waals surface area contributed by atoms with E-state index in [-0.39, 0.29) is 16.5 Å². The number of thioether (sulfide) groups is 1. The summed E-state index contributed by atoms with van der Waals surface area (Å²) in [5, 5.41) is 21.1. The minimum Gasteiger partial charge on any atom is -0.507 e. The van der Waals surface area contributed by atoms with E-state index in [0.29, 0.717) is 38.6 Å². The van der Waals surface area contributed by atoms with Crippen molar-refractivity contribution in [2.75, 3.05) is 23.9 Å². The number of nitrogens with zero attached hydrogens (tertiary/aromatic N) is 4. The number of ketones is 1. The average Bonchev–Trinajstić information content (AvgIpc) is 3.65. The molecule has 0 bridgehead atoms. The molecule has 1 amide bonds. The van der Waals surface area contributed by atoms with Crippen molar-refractivity contribution >= 4 is 63.0 Å². The van der Waals surface area contributed by atoms with E-state index in [1.807, 2.05) is 98.7 Å². The van der Waals surface area contributed by atoms with E-state index >= 15 is 0 Å². The van der Waals surface area contributed by atoms with E-state index in [0.717, 1.165) is 22.4 Å². The molecular weight excluding hydrogens is 652 g/mol. The van der Waals surface area contributed by atoms with Crippen LogP contribution in [0.25, 0.3) is 5.76 Å². The zero-order valence-corrected chi connectivity index (χ0v) is 28.3. The van der Waals surface area contributed by atoms with Crippen LogP contribution in [0.5, 0.6) is 5.75 Å². The number of benzene rings is 4. The molecule has 1 fully saturated rings. The third kappa shape index (κ3) is 6.90. The number of carbonyl (C=O) groups excluding carboxylic acids is 2. The third-order valence-corrected chi connectivity index (χ3v) is 10.3. The van der Waals surface area contributed by atoms with Crippen LogP contribution in [-0.2, 0) is 21.9 Å². The van der Waals surface area contributed by atoms with Crippen LogP contribution in [0.4, 0.5) is 10.8 Å². The monoisotopic (exact) mass is 682 g/mol. The van der Waals surface area contributed by atoms with Crippen molar-refractivity contribution < 1.29 is 19.4 Å². The molecule has 1 atom stereocenters. The summed E-state index contributed by atoms with van der Waals surface area (Å²) in [6.45, 7) is 2.43. The molecule has 0 spiro atoms. The van der Waals surface area contributed by atoms with Crippen molar-refractivity contribution in [3.63, 3.8) is 0 Å². The number of Topliss-reactive ketones (excluding diaryl/α,β-unsaturated/α-hetero) is 1. The van der Waals surface area contributed by atoms with Gasteiger partial charge >= 0.3 is 5.91 Å². The molecule has 1 aliphatic heterocycles. The first-order valence-corrected chi connectivity index (χ1v) is 16.9. The molecule has 0 aliphatic carbocycles. The van der Waals surface area contributed by atoms with Crippen molar-refractivity contribution in [1.29, 1.82) is 0 Å². The highest BCUT2D eigenvalue weighted by Crippen LogP contribution is 2.44. The van der Waals surface area contributed by atoms with E-state index < -0.39 is 17.7 Å². The molecule has 2 heterocycles. The number of aliphatic hydroxyl groups is 1. The van der Waals surface area contributed by atoms with Gasteiger partial charge in [0.15, 0.2) is 4.34 Å². The Balaban J connectivity index is 1.32. The molecule has 8 nitrogen and oxygen atoms in total. The lowest BCUT2D eigenvalue weighted by atomic mass is 9.95. The summed E-state index contributed by atoms with van der Waals surface area (Å²) in [6, 6.07) is 29.0. The molecule has 4 aromatic carbocycles. The van der Waals surface area contributed by atoms with Gasteiger partial charge in [0.2, 0.25) is 5.13 Å². The van der Waals surface area contributed by atoms with Crippen LogP contribution in [0.3, 0.4) is 0 Å². The van der Waals surface area contributed by atoms with Crippen molar-refractivity contribution in [2.45, 2.75) is 29.7 Å². The Morgan fingerprint density at radius 2 is 1.62 bits per heavy atom. The molecule has 11 heteroatoms. The fourth-order valence-electron chi connectivity index (χ4n) is 5.21. The van der Waals surface area contributed by atoms with Gasteiger partial charge in [-0.05, 0) is 71.6 Å². The summed E-state index contributed by atoms with van der Waals surface area (Å²) >= 11 is 8.97.